The van der Waals surface area contributed by atoms with Crippen LogP contribution >= 0.6 is 0 Å². The number of piperidine rings is 1. The summed E-state index contributed by atoms with van der Waals surface area (Å²) < 4.78 is 16.1. The fourth-order valence-electron chi connectivity index (χ4n) is 4.12. The molecule has 1 saturated heterocycles. The first-order chi connectivity index (χ1) is 14.0. The number of nitrogens with zero attached hydrogens (tertiary/aromatic N) is 3. The van der Waals surface area contributed by atoms with E-state index in [4.69, 9.17) is 0 Å². The van der Waals surface area contributed by atoms with Crippen molar-refractivity contribution in [3.05, 3.63) is 41.5 Å². The van der Waals surface area contributed by atoms with Gasteiger partial charge < -0.3 is 10.6 Å². The number of hydrogen-bond donors (Lipinski definition) is 2. The zero-order valence-corrected chi connectivity index (χ0v) is 16.6. The molecule has 2 aromatic rings. The normalized spacial score (nSPS) is 19.0. The van der Waals surface area contributed by atoms with E-state index in [-0.39, 0.29) is 11.6 Å². The lowest BCUT2D eigenvalue weighted by Gasteiger charge is -2.32. The summed E-state index contributed by atoms with van der Waals surface area (Å²) in [6.07, 6.45) is 6.65. The van der Waals surface area contributed by atoms with E-state index in [1.165, 1.54) is 30.8 Å². The van der Waals surface area contributed by atoms with Crippen molar-refractivity contribution in [1.29, 1.82) is 0 Å². The number of halogens is 1. The monoisotopic (exact) mass is 399 g/mol. The maximum absolute atomic E-state index is 14.3. The van der Waals surface area contributed by atoms with Crippen LogP contribution in [0.25, 0.3) is 0 Å². The van der Waals surface area contributed by atoms with Gasteiger partial charge in [-0.2, -0.15) is 5.10 Å². The standard InChI is InChI=1S/C21H26FN5O2/c1-14-5-2-3-9-26(14)13-20(28)24-15-7-8-17(22)18(11-15)25-21(29)16-12-23-27-10-4-6-19(16)27/h7-8,11-12,14H,2-6,9-10,13H2,1H3,(H,24,28)(H,25,29). The molecule has 0 saturated carbocycles. The summed E-state index contributed by atoms with van der Waals surface area (Å²) in [6, 6.07) is 4.58. The Hall–Kier alpha value is -2.74. The van der Waals surface area contributed by atoms with Crippen LogP contribution in [-0.4, -0.2) is 45.6 Å². The summed E-state index contributed by atoms with van der Waals surface area (Å²) in [6.45, 7) is 4.15. The second-order valence-corrected chi connectivity index (χ2v) is 7.84. The maximum atomic E-state index is 14.3. The smallest absolute Gasteiger partial charge is 0.259 e. The van der Waals surface area contributed by atoms with Crippen molar-refractivity contribution in [2.45, 2.75) is 51.6 Å². The van der Waals surface area contributed by atoms with E-state index in [0.29, 0.717) is 23.8 Å². The van der Waals surface area contributed by atoms with Gasteiger partial charge in [0.15, 0.2) is 0 Å². The van der Waals surface area contributed by atoms with Crippen LogP contribution < -0.4 is 10.6 Å². The first-order valence-corrected chi connectivity index (χ1v) is 10.2. The van der Waals surface area contributed by atoms with E-state index in [1.54, 1.807) is 0 Å². The molecule has 0 aliphatic carbocycles. The Labute approximate surface area is 169 Å². The molecule has 0 bridgehead atoms. The van der Waals surface area contributed by atoms with Gasteiger partial charge in [0.25, 0.3) is 5.91 Å². The average Bonchev–Trinajstić information content (AvgIpc) is 3.30. The number of fused-ring (bicyclic) bond motifs is 1. The van der Waals surface area contributed by atoms with Crippen LogP contribution in [-0.2, 0) is 17.8 Å². The predicted molar refractivity (Wildman–Crippen MR) is 108 cm³/mol. The minimum absolute atomic E-state index is 0.0390. The number of likely N-dealkylation sites (tertiary alicyclic amines) is 1. The second-order valence-electron chi connectivity index (χ2n) is 7.84. The lowest BCUT2D eigenvalue weighted by Crippen LogP contribution is -2.42. The molecule has 0 spiro atoms. The third-order valence-electron chi connectivity index (χ3n) is 5.76. The number of amides is 2. The molecule has 2 amide bonds. The summed E-state index contributed by atoms with van der Waals surface area (Å²) in [5.41, 5.74) is 1.84. The summed E-state index contributed by atoms with van der Waals surface area (Å²) >= 11 is 0. The lowest BCUT2D eigenvalue weighted by molar-refractivity contribution is -0.118. The van der Waals surface area contributed by atoms with Gasteiger partial charge in [0.2, 0.25) is 5.91 Å². The fourth-order valence-corrected chi connectivity index (χ4v) is 4.12. The van der Waals surface area contributed by atoms with Gasteiger partial charge in [0.05, 0.1) is 29.7 Å². The van der Waals surface area contributed by atoms with Crippen LogP contribution in [0.1, 0.15) is 48.7 Å². The van der Waals surface area contributed by atoms with Crippen LogP contribution in [0, 0.1) is 5.82 Å². The Balaban J connectivity index is 1.42. The van der Waals surface area contributed by atoms with Gasteiger partial charge in [-0.3, -0.25) is 19.2 Å². The van der Waals surface area contributed by atoms with Gasteiger partial charge in [0, 0.05) is 18.3 Å². The van der Waals surface area contributed by atoms with Crippen LogP contribution in [0.2, 0.25) is 0 Å². The third-order valence-corrected chi connectivity index (χ3v) is 5.76. The van der Waals surface area contributed by atoms with Gasteiger partial charge >= 0.3 is 0 Å². The second kappa shape index (κ2) is 8.32. The Bertz CT molecular complexity index is 926. The summed E-state index contributed by atoms with van der Waals surface area (Å²) in [7, 11) is 0. The van der Waals surface area contributed by atoms with E-state index in [0.717, 1.165) is 44.5 Å². The van der Waals surface area contributed by atoms with E-state index < -0.39 is 11.7 Å². The van der Waals surface area contributed by atoms with Gasteiger partial charge in [0.1, 0.15) is 5.82 Å². The molecule has 1 aromatic carbocycles. The molecule has 29 heavy (non-hydrogen) atoms. The van der Waals surface area contributed by atoms with Crippen molar-refractivity contribution in [1.82, 2.24) is 14.7 Å². The van der Waals surface area contributed by atoms with E-state index in [9.17, 15) is 14.0 Å². The van der Waals surface area contributed by atoms with Crippen LogP contribution in [0.4, 0.5) is 15.8 Å². The molecular weight excluding hydrogens is 373 g/mol. The molecular formula is C21H26FN5O2. The SMILES string of the molecule is CC1CCCCN1CC(=O)Nc1ccc(F)c(NC(=O)c2cnn3c2CCC3)c1. The number of aryl methyl sites for hydroxylation is 1. The Kier molecular flexibility index (Phi) is 5.62. The molecule has 4 rings (SSSR count). The molecule has 3 heterocycles. The predicted octanol–water partition coefficient (Wildman–Crippen LogP) is 3.03. The summed E-state index contributed by atoms with van der Waals surface area (Å²) in [4.78, 5) is 27.2. The number of benzene rings is 1. The third kappa shape index (κ3) is 4.32. The van der Waals surface area contributed by atoms with Gasteiger partial charge in [-0.25, -0.2) is 4.39 Å². The fraction of sp³-hybridized carbons (Fsp3) is 0.476. The molecule has 0 radical (unpaired) electrons. The number of hydrogen-bond acceptors (Lipinski definition) is 4. The number of anilines is 2. The lowest BCUT2D eigenvalue weighted by atomic mass is 10.0. The first-order valence-electron chi connectivity index (χ1n) is 10.2. The highest BCUT2D eigenvalue weighted by atomic mass is 19.1. The first kappa shape index (κ1) is 19.6. The van der Waals surface area contributed by atoms with Crippen molar-refractivity contribution in [2.75, 3.05) is 23.7 Å². The Morgan fingerprint density at radius 1 is 1.21 bits per heavy atom. The molecule has 1 aromatic heterocycles. The topological polar surface area (TPSA) is 79.3 Å². The van der Waals surface area contributed by atoms with Gasteiger partial charge in [-0.1, -0.05) is 6.42 Å². The minimum atomic E-state index is -0.551. The number of nitrogens with one attached hydrogen (secondary N) is 2. The number of carbonyl (C=O) groups is 2. The molecule has 2 aliphatic rings. The van der Waals surface area contributed by atoms with Crippen LogP contribution in [0.15, 0.2) is 24.4 Å². The number of rotatable bonds is 5. The largest absolute Gasteiger partial charge is 0.325 e. The van der Waals surface area contributed by atoms with Crippen molar-refractivity contribution < 1.29 is 14.0 Å². The maximum Gasteiger partial charge on any atom is 0.259 e. The van der Waals surface area contributed by atoms with Crippen molar-refractivity contribution in [2.24, 2.45) is 0 Å². The van der Waals surface area contributed by atoms with Gasteiger partial charge in [-0.15, -0.1) is 0 Å². The molecule has 7 nitrogen and oxygen atoms in total. The minimum Gasteiger partial charge on any atom is -0.325 e. The molecule has 2 aliphatic heterocycles. The van der Waals surface area contributed by atoms with E-state index >= 15 is 0 Å². The highest BCUT2D eigenvalue weighted by molar-refractivity contribution is 6.05. The summed E-state index contributed by atoms with van der Waals surface area (Å²) in [5.74, 6) is -1.08. The molecule has 1 fully saturated rings. The zero-order valence-electron chi connectivity index (χ0n) is 16.6. The van der Waals surface area contributed by atoms with Crippen molar-refractivity contribution >= 4 is 23.2 Å². The van der Waals surface area contributed by atoms with E-state index in [1.807, 2.05) is 4.68 Å². The molecule has 8 heteroatoms. The van der Waals surface area contributed by atoms with Crippen molar-refractivity contribution in [3.63, 3.8) is 0 Å². The van der Waals surface area contributed by atoms with Crippen LogP contribution in [0.3, 0.4) is 0 Å². The van der Waals surface area contributed by atoms with Crippen molar-refractivity contribution in [3.8, 4) is 0 Å². The number of aromatic nitrogens is 2. The molecule has 1 atom stereocenters. The van der Waals surface area contributed by atoms with E-state index in [2.05, 4.69) is 27.6 Å². The Morgan fingerprint density at radius 3 is 2.90 bits per heavy atom. The zero-order chi connectivity index (χ0) is 20.4. The molecule has 2 N–H and O–H groups in total. The van der Waals surface area contributed by atoms with Gasteiger partial charge in [-0.05, 0) is 57.4 Å². The summed E-state index contributed by atoms with van der Waals surface area (Å²) in [5, 5.41) is 9.63. The Morgan fingerprint density at radius 2 is 2.07 bits per heavy atom. The highest BCUT2D eigenvalue weighted by Crippen LogP contribution is 2.23. The quantitative estimate of drug-likeness (QED) is 0.810. The number of carbonyl (C=O) groups excluding carboxylic acids is 2. The highest BCUT2D eigenvalue weighted by Gasteiger charge is 2.23. The molecule has 154 valence electrons. The average molecular weight is 399 g/mol. The van der Waals surface area contributed by atoms with Crippen LogP contribution in [0.5, 0.6) is 0 Å². The molecule has 1 unspecified atom stereocenters.